The number of carbonyl (C=O) groups excluding carboxylic acids is 1. The molecule has 144 valence electrons. The molecule has 2 aromatic rings. The Morgan fingerprint density at radius 3 is 2.15 bits per heavy atom. The predicted molar refractivity (Wildman–Crippen MR) is 108 cm³/mol. The highest BCUT2D eigenvalue weighted by atomic mass is 35.5. The van der Waals surface area contributed by atoms with E-state index in [9.17, 15) is 13.2 Å². The summed E-state index contributed by atoms with van der Waals surface area (Å²) in [6.07, 6.45) is 1.20. The van der Waals surface area contributed by atoms with Gasteiger partial charge in [-0.25, -0.2) is 8.42 Å². The summed E-state index contributed by atoms with van der Waals surface area (Å²) in [5, 5.41) is 3.50. The number of nitrogens with one attached hydrogen (secondary N) is 1. The summed E-state index contributed by atoms with van der Waals surface area (Å²) in [6.45, 7) is 3.44. The Balaban J connectivity index is 1.50. The first-order chi connectivity index (χ1) is 12.8. The molecule has 0 spiro atoms. The number of anilines is 2. The summed E-state index contributed by atoms with van der Waals surface area (Å²) >= 11 is 5.84. The lowest BCUT2D eigenvalue weighted by Gasteiger charge is -2.35. The standard InChI is InChI=1S/C19H22ClN3O3S/c1-27(25,26)18-8-6-17(7-9-18)23-12-10-22(11-13-23)14-19(24)21-16-4-2-15(20)3-5-16/h2-9H,10-14H2,1H3,(H,21,24). The molecule has 1 aliphatic rings. The summed E-state index contributed by atoms with van der Waals surface area (Å²) in [5.74, 6) is -0.0525. The summed E-state index contributed by atoms with van der Waals surface area (Å²) in [6, 6.07) is 14.0. The topological polar surface area (TPSA) is 69.7 Å². The molecule has 1 N–H and O–H groups in total. The molecule has 8 heteroatoms. The van der Waals surface area contributed by atoms with Crippen LogP contribution in [0.3, 0.4) is 0 Å². The highest BCUT2D eigenvalue weighted by Gasteiger charge is 2.19. The lowest BCUT2D eigenvalue weighted by atomic mass is 10.2. The Hall–Kier alpha value is -2.09. The summed E-state index contributed by atoms with van der Waals surface area (Å²) < 4.78 is 23.1. The molecular weight excluding hydrogens is 386 g/mol. The number of amides is 1. The molecule has 1 heterocycles. The van der Waals surface area contributed by atoms with E-state index in [4.69, 9.17) is 11.6 Å². The maximum absolute atomic E-state index is 12.2. The molecule has 0 unspecified atom stereocenters. The Labute approximate surface area is 164 Å². The average Bonchev–Trinajstić information content (AvgIpc) is 2.64. The molecule has 0 saturated carbocycles. The number of rotatable bonds is 5. The maximum Gasteiger partial charge on any atom is 0.238 e. The van der Waals surface area contributed by atoms with E-state index in [1.807, 2.05) is 12.1 Å². The van der Waals surface area contributed by atoms with Gasteiger partial charge in [-0.1, -0.05) is 11.6 Å². The second kappa shape index (κ2) is 8.29. The van der Waals surface area contributed by atoms with Gasteiger partial charge < -0.3 is 10.2 Å². The molecule has 1 amide bonds. The number of halogens is 1. The molecule has 2 aromatic carbocycles. The molecule has 27 heavy (non-hydrogen) atoms. The van der Waals surface area contributed by atoms with Gasteiger partial charge in [0, 0.05) is 48.8 Å². The first-order valence-corrected chi connectivity index (χ1v) is 10.9. The minimum absolute atomic E-state index is 0.0525. The van der Waals surface area contributed by atoms with Crippen molar-refractivity contribution in [3.8, 4) is 0 Å². The molecule has 0 atom stereocenters. The van der Waals surface area contributed by atoms with Gasteiger partial charge in [-0.3, -0.25) is 9.69 Å². The van der Waals surface area contributed by atoms with Crippen molar-refractivity contribution in [3.63, 3.8) is 0 Å². The number of piperazine rings is 1. The normalized spacial score (nSPS) is 15.6. The second-order valence-corrected chi connectivity index (χ2v) is 9.04. The van der Waals surface area contributed by atoms with Crippen LogP contribution in [0.25, 0.3) is 0 Å². The average molecular weight is 408 g/mol. The Kier molecular flexibility index (Phi) is 6.04. The summed E-state index contributed by atoms with van der Waals surface area (Å²) in [4.78, 5) is 16.8. The SMILES string of the molecule is CS(=O)(=O)c1ccc(N2CCN(CC(=O)Nc3ccc(Cl)cc3)CC2)cc1. The van der Waals surface area contributed by atoms with Crippen molar-refractivity contribution >= 4 is 38.7 Å². The highest BCUT2D eigenvalue weighted by Crippen LogP contribution is 2.19. The van der Waals surface area contributed by atoms with E-state index in [0.29, 0.717) is 16.5 Å². The molecule has 0 bridgehead atoms. The number of hydrogen-bond donors (Lipinski definition) is 1. The molecule has 0 aliphatic carbocycles. The van der Waals surface area contributed by atoms with Crippen LogP contribution in [0, 0.1) is 0 Å². The van der Waals surface area contributed by atoms with Gasteiger partial charge in [-0.15, -0.1) is 0 Å². The zero-order valence-corrected chi connectivity index (χ0v) is 16.6. The Bertz CT molecular complexity index is 891. The van der Waals surface area contributed by atoms with Crippen LogP contribution in [-0.4, -0.2) is 58.2 Å². The third kappa shape index (κ3) is 5.45. The fraction of sp³-hybridized carbons (Fsp3) is 0.316. The smallest absolute Gasteiger partial charge is 0.238 e. The van der Waals surface area contributed by atoms with Gasteiger partial charge in [0.1, 0.15) is 0 Å². The van der Waals surface area contributed by atoms with Gasteiger partial charge in [0.05, 0.1) is 11.4 Å². The first-order valence-electron chi connectivity index (χ1n) is 8.64. The predicted octanol–water partition coefficient (Wildman–Crippen LogP) is 2.50. The van der Waals surface area contributed by atoms with Crippen molar-refractivity contribution in [3.05, 3.63) is 53.6 Å². The van der Waals surface area contributed by atoms with Crippen molar-refractivity contribution in [2.24, 2.45) is 0 Å². The lowest BCUT2D eigenvalue weighted by molar-refractivity contribution is -0.117. The van der Waals surface area contributed by atoms with Crippen molar-refractivity contribution in [2.45, 2.75) is 4.90 Å². The van der Waals surface area contributed by atoms with Crippen LogP contribution in [0.15, 0.2) is 53.4 Å². The number of sulfone groups is 1. The van der Waals surface area contributed by atoms with Crippen molar-refractivity contribution in [2.75, 3.05) is 49.2 Å². The number of benzene rings is 2. The largest absolute Gasteiger partial charge is 0.369 e. The van der Waals surface area contributed by atoms with E-state index in [1.54, 1.807) is 36.4 Å². The van der Waals surface area contributed by atoms with Crippen molar-refractivity contribution < 1.29 is 13.2 Å². The molecule has 1 fully saturated rings. The van der Waals surface area contributed by atoms with Gasteiger partial charge in [0.15, 0.2) is 9.84 Å². The van der Waals surface area contributed by atoms with E-state index in [2.05, 4.69) is 15.1 Å². The zero-order chi connectivity index (χ0) is 19.4. The van der Waals surface area contributed by atoms with Gasteiger partial charge >= 0.3 is 0 Å². The van der Waals surface area contributed by atoms with Crippen LogP contribution < -0.4 is 10.2 Å². The molecule has 6 nitrogen and oxygen atoms in total. The summed E-state index contributed by atoms with van der Waals surface area (Å²) in [7, 11) is -3.18. The monoisotopic (exact) mass is 407 g/mol. The minimum Gasteiger partial charge on any atom is -0.369 e. The number of nitrogens with zero attached hydrogens (tertiary/aromatic N) is 2. The molecule has 1 aliphatic heterocycles. The Morgan fingerprint density at radius 1 is 1.00 bits per heavy atom. The van der Waals surface area contributed by atoms with Crippen LogP contribution in [-0.2, 0) is 14.6 Å². The van der Waals surface area contributed by atoms with Gasteiger partial charge in [-0.05, 0) is 48.5 Å². The zero-order valence-electron chi connectivity index (χ0n) is 15.1. The molecule has 0 aromatic heterocycles. The quantitative estimate of drug-likeness (QED) is 0.824. The van der Waals surface area contributed by atoms with E-state index < -0.39 is 9.84 Å². The lowest BCUT2D eigenvalue weighted by Crippen LogP contribution is -2.48. The van der Waals surface area contributed by atoms with Gasteiger partial charge in [0.25, 0.3) is 0 Å². The van der Waals surface area contributed by atoms with Gasteiger partial charge in [-0.2, -0.15) is 0 Å². The molecule has 1 saturated heterocycles. The number of carbonyl (C=O) groups is 1. The molecular formula is C19H22ClN3O3S. The van der Waals surface area contributed by atoms with E-state index in [0.717, 1.165) is 37.6 Å². The fourth-order valence-corrected chi connectivity index (χ4v) is 3.76. The van der Waals surface area contributed by atoms with Crippen LogP contribution >= 0.6 is 11.6 Å². The first kappa shape index (κ1) is 19.7. The third-order valence-corrected chi connectivity index (χ3v) is 5.88. The number of hydrogen-bond acceptors (Lipinski definition) is 5. The third-order valence-electron chi connectivity index (χ3n) is 4.50. The van der Waals surface area contributed by atoms with E-state index >= 15 is 0 Å². The minimum atomic E-state index is -3.18. The fourth-order valence-electron chi connectivity index (χ4n) is 3.01. The van der Waals surface area contributed by atoms with E-state index in [-0.39, 0.29) is 5.91 Å². The second-order valence-electron chi connectivity index (χ2n) is 6.58. The van der Waals surface area contributed by atoms with Crippen LogP contribution in [0.4, 0.5) is 11.4 Å². The summed E-state index contributed by atoms with van der Waals surface area (Å²) in [5.41, 5.74) is 1.72. The van der Waals surface area contributed by atoms with Crippen LogP contribution in [0.2, 0.25) is 5.02 Å². The Morgan fingerprint density at radius 2 is 1.59 bits per heavy atom. The van der Waals surface area contributed by atoms with Crippen molar-refractivity contribution in [1.29, 1.82) is 0 Å². The van der Waals surface area contributed by atoms with Crippen LogP contribution in [0.5, 0.6) is 0 Å². The van der Waals surface area contributed by atoms with Gasteiger partial charge in [0.2, 0.25) is 5.91 Å². The van der Waals surface area contributed by atoms with E-state index in [1.165, 1.54) is 6.26 Å². The molecule has 0 radical (unpaired) electrons. The maximum atomic E-state index is 12.2. The van der Waals surface area contributed by atoms with Crippen molar-refractivity contribution in [1.82, 2.24) is 4.90 Å². The molecule has 3 rings (SSSR count). The van der Waals surface area contributed by atoms with Crippen LogP contribution in [0.1, 0.15) is 0 Å². The highest BCUT2D eigenvalue weighted by molar-refractivity contribution is 7.90.